The standard InChI is InChI=1S/C8H7NO5/c1-14-9(13)6-4-2-3-5(7(6)10)8(11)12/h2-4H,1H3,(H-,10,11,12,13)/p+1. The lowest BCUT2D eigenvalue weighted by Gasteiger charge is -1.97. The second-order valence-corrected chi connectivity index (χ2v) is 2.42. The Balaban J connectivity index is 3.27. The maximum Gasteiger partial charge on any atom is 0.358 e. The lowest BCUT2D eigenvalue weighted by atomic mass is 10.2. The molecule has 1 aromatic carbocycles. The van der Waals surface area contributed by atoms with Gasteiger partial charge in [-0.2, -0.15) is 0 Å². The largest absolute Gasteiger partial charge is 0.501 e. The number of nitrogens with zero attached hydrogens (tertiary/aromatic N) is 1. The molecule has 74 valence electrons. The van der Waals surface area contributed by atoms with Gasteiger partial charge < -0.3 is 10.2 Å². The Hall–Kier alpha value is -2.11. The van der Waals surface area contributed by atoms with E-state index < -0.39 is 11.7 Å². The van der Waals surface area contributed by atoms with Gasteiger partial charge in [0, 0.05) is 6.07 Å². The molecule has 6 heteroatoms. The van der Waals surface area contributed by atoms with Crippen LogP contribution in [0.3, 0.4) is 0 Å². The second-order valence-electron chi connectivity index (χ2n) is 2.42. The van der Waals surface area contributed by atoms with Crippen molar-refractivity contribution in [3.63, 3.8) is 0 Å². The highest BCUT2D eigenvalue weighted by molar-refractivity contribution is 5.92. The van der Waals surface area contributed by atoms with Crippen molar-refractivity contribution in [2.75, 3.05) is 7.11 Å². The van der Waals surface area contributed by atoms with Gasteiger partial charge in [-0.15, -0.1) is 0 Å². The van der Waals surface area contributed by atoms with Crippen LogP contribution in [0.4, 0.5) is 5.69 Å². The molecule has 0 aliphatic rings. The molecule has 6 nitrogen and oxygen atoms in total. The number of aromatic hydroxyl groups is 1. The molecule has 0 aliphatic carbocycles. The zero-order valence-corrected chi connectivity index (χ0v) is 7.30. The Morgan fingerprint density at radius 3 is 2.64 bits per heavy atom. The smallest absolute Gasteiger partial charge is 0.358 e. The van der Waals surface area contributed by atoms with E-state index in [-0.39, 0.29) is 16.2 Å². The van der Waals surface area contributed by atoms with Gasteiger partial charge >= 0.3 is 11.7 Å². The van der Waals surface area contributed by atoms with Crippen molar-refractivity contribution in [3.05, 3.63) is 28.7 Å². The molecule has 1 rings (SSSR count). The van der Waals surface area contributed by atoms with Crippen LogP contribution in [0.15, 0.2) is 18.2 Å². The molecule has 0 saturated carbocycles. The Kier molecular flexibility index (Phi) is 2.66. The average Bonchev–Trinajstić information content (AvgIpc) is 2.16. The van der Waals surface area contributed by atoms with Crippen LogP contribution < -0.4 is 0 Å². The number of aromatic carboxylic acids is 1. The third kappa shape index (κ3) is 1.63. The number of phenols is 1. The summed E-state index contributed by atoms with van der Waals surface area (Å²) in [5, 5.41) is 18.0. The number of hydrogen-bond donors (Lipinski definition) is 2. The first-order valence-corrected chi connectivity index (χ1v) is 3.64. The van der Waals surface area contributed by atoms with Gasteiger partial charge in [-0.1, -0.05) is 6.07 Å². The summed E-state index contributed by atoms with van der Waals surface area (Å²) in [5.41, 5.74) is -0.590. The summed E-state index contributed by atoms with van der Waals surface area (Å²) in [6, 6.07) is 3.77. The molecule has 1 aromatic rings. The van der Waals surface area contributed by atoms with Crippen LogP contribution in [-0.4, -0.2) is 28.2 Å². The summed E-state index contributed by atoms with van der Waals surface area (Å²) >= 11 is 0. The van der Waals surface area contributed by atoms with Gasteiger partial charge in [0.15, 0.2) is 7.11 Å². The Morgan fingerprint density at radius 2 is 2.14 bits per heavy atom. The highest BCUT2D eigenvalue weighted by atomic mass is 16.8. The average molecular weight is 198 g/mol. The topological polar surface area (TPSA) is 86.8 Å². The van der Waals surface area contributed by atoms with E-state index in [9.17, 15) is 14.8 Å². The third-order valence-electron chi connectivity index (χ3n) is 1.61. The number of rotatable bonds is 3. The number of carboxylic acids is 1. The molecule has 0 heterocycles. The van der Waals surface area contributed by atoms with Crippen molar-refractivity contribution in [1.82, 2.24) is 0 Å². The van der Waals surface area contributed by atoms with E-state index in [0.717, 1.165) is 7.11 Å². The van der Waals surface area contributed by atoms with E-state index in [0.29, 0.717) is 0 Å². The van der Waals surface area contributed by atoms with Crippen molar-refractivity contribution < 1.29 is 24.8 Å². The van der Waals surface area contributed by atoms with E-state index in [1.54, 1.807) is 0 Å². The van der Waals surface area contributed by atoms with Crippen molar-refractivity contribution in [2.24, 2.45) is 0 Å². The van der Waals surface area contributed by atoms with Gasteiger partial charge in [0.1, 0.15) is 5.56 Å². The van der Waals surface area contributed by atoms with Gasteiger partial charge in [0.25, 0.3) is 4.92 Å². The number of benzene rings is 1. The molecule has 0 unspecified atom stereocenters. The van der Waals surface area contributed by atoms with Crippen molar-refractivity contribution in [2.45, 2.75) is 0 Å². The summed E-state index contributed by atoms with van der Waals surface area (Å²) in [5.74, 6) is -1.93. The van der Waals surface area contributed by atoms with Gasteiger partial charge in [-0.05, 0) is 6.07 Å². The first-order valence-electron chi connectivity index (χ1n) is 3.64. The van der Waals surface area contributed by atoms with E-state index in [2.05, 4.69) is 4.84 Å². The third-order valence-corrected chi connectivity index (χ3v) is 1.61. The Morgan fingerprint density at radius 1 is 1.50 bits per heavy atom. The summed E-state index contributed by atoms with van der Waals surface area (Å²) in [4.78, 5) is 25.8. The Labute approximate surface area is 78.9 Å². The predicted molar refractivity (Wildman–Crippen MR) is 45.4 cm³/mol. The molecule has 0 spiro atoms. The van der Waals surface area contributed by atoms with E-state index in [1.165, 1.54) is 18.2 Å². The minimum absolute atomic E-state index is 0.0295. The molecule has 2 N–H and O–H groups in total. The van der Waals surface area contributed by atoms with Crippen LogP contribution in [0.5, 0.6) is 5.75 Å². The van der Waals surface area contributed by atoms with Crippen LogP contribution in [0.1, 0.15) is 10.4 Å². The Bertz CT molecular complexity index is 387. The predicted octanol–water partition coefficient (Wildman–Crippen LogP) is 1.06. The number of para-hydroxylation sites is 1. The van der Waals surface area contributed by atoms with Crippen LogP contribution >= 0.6 is 0 Å². The fourth-order valence-corrected chi connectivity index (χ4v) is 0.950. The number of carbonyl (C=O) groups is 1. The minimum Gasteiger partial charge on any atom is -0.501 e. The molecule has 14 heavy (non-hydrogen) atoms. The molecule has 0 aliphatic heterocycles. The van der Waals surface area contributed by atoms with Crippen LogP contribution in [0.25, 0.3) is 0 Å². The zero-order valence-electron chi connectivity index (χ0n) is 7.30. The van der Waals surface area contributed by atoms with Gasteiger partial charge in [0.05, 0.1) is 4.91 Å². The molecule has 0 saturated heterocycles. The molecule has 0 radical (unpaired) electrons. The fraction of sp³-hybridized carbons (Fsp3) is 0.125. The highest BCUT2D eigenvalue weighted by Crippen LogP contribution is 2.29. The number of hydrogen-bond acceptors (Lipinski definition) is 4. The van der Waals surface area contributed by atoms with Crippen LogP contribution in [-0.2, 0) is 4.84 Å². The molecule has 0 bridgehead atoms. The monoisotopic (exact) mass is 198 g/mol. The van der Waals surface area contributed by atoms with E-state index in [4.69, 9.17) is 5.11 Å². The molecule has 0 amide bonds. The first kappa shape index (κ1) is 9.97. The summed E-state index contributed by atoms with van der Waals surface area (Å²) in [6.07, 6.45) is 0. The zero-order chi connectivity index (χ0) is 10.7. The molecule has 0 atom stereocenters. The number of carboxylic acid groups (broad SMARTS) is 1. The van der Waals surface area contributed by atoms with Crippen molar-refractivity contribution in [1.29, 1.82) is 0 Å². The molecule has 0 fully saturated rings. The molecule has 0 aromatic heterocycles. The van der Waals surface area contributed by atoms with Crippen LogP contribution in [0, 0.1) is 4.91 Å². The first-order chi connectivity index (χ1) is 6.57. The summed E-state index contributed by atoms with van der Waals surface area (Å²) in [7, 11) is 1.11. The molecular formula is C8H8NO5+. The quantitative estimate of drug-likeness (QED) is 0.709. The van der Waals surface area contributed by atoms with Gasteiger partial charge in [-0.3, -0.25) is 0 Å². The van der Waals surface area contributed by atoms with Gasteiger partial charge in [-0.25, -0.2) is 9.63 Å². The molecular weight excluding hydrogens is 190 g/mol. The maximum atomic E-state index is 11.0. The SMILES string of the molecule is CO[N+](=O)c1cccc(C(=O)O)c1O. The lowest BCUT2D eigenvalue weighted by molar-refractivity contribution is -0.736. The van der Waals surface area contributed by atoms with E-state index in [1.807, 2.05) is 0 Å². The fourth-order valence-electron chi connectivity index (χ4n) is 0.950. The van der Waals surface area contributed by atoms with Gasteiger partial charge in [0.2, 0.25) is 5.75 Å². The lowest BCUT2D eigenvalue weighted by Crippen LogP contribution is -2.02. The highest BCUT2D eigenvalue weighted by Gasteiger charge is 2.25. The summed E-state index contributed by atoms with van der Waals surface area (Å²) < 4.78 is 0. The normalized spacial score (nSPS) is 9.50. The van der Waals surface area contributed by atoms with Crippen LogP contribution in [0.2, 0.25) is 0 Å². The van der Waals surface area contributed by atoms with Crippen molar-refractivity contribution >= 4 is 11.7 Å². The minimum atomic E-state index is -1.31. The maximum absolute atomic E-state index is 11.0. The van der Waals surface area contributed by atoms with E-state index >= 15 is 0 Å². The van der Waals surface area contributed by atoms with Crippen molar-refractivity contribution in [3.8, 4) is 5.75 Å². The second kappa shape index (κ2) is 3.73. The summed E-state index contributed by atoms with van der Waals surface area (Å²) in [6.45, 7) is 0.